The van der Waals surface area contributed by atoms with Crippen molar-refractivity contribution in [3.05, 3.63) is 34.5 Å². The Labute approximate surface area is 132 Å². The molecule has 4 nitrogen and oxygen atoms in total. The van der Waals surface area contributed by atoms with Gasteiger partial charge in [-0.2, -0.15) is 0 Å². The van der Waals surface area contributed by atoms with Crippen molar-refractivity contribution in [3.63, 3.8) is 0 Å². The third-order valence-corrected chi connectivity index (χ3v) is 4.41. The lowest BCUT2D eigenvalue weighted by Gasteiger charge is -2.15. The SMILES string of the molecule is Cc1c(C(=O)O[C@@H](C)C(=O)NC(C)C)sc2cccc(F)c12. The Balaban J connectivity index is 2.22. The third kappa shape index (κ3) is 3.27. The molecule has 0 spiro atoms. The summed E-state index contributed by atoms with van der Waals surface area (Å²) in [4.78, 5) is 24.3. The molecule has 0 saturated heterocycles. The van der Waals surface area contributed by atoms with Gasteiger partial charge in [0.15, 0.2) is 6.10 Å². The van der Waals surface area contributed by atoms with Crippen molar-refractivity contribution in [3.8, 4) is 0 Å². The number of aryl methyl sites for hydroxylation is 1. The van der Waals surface area contributed by atoms with Gasteiger partial charge in [-0.3, -0.25) is 4.79 Å². The monoisotopic (exact) mass is 323 g/mol. The molecule has 1 aromatic heterocycles. The lowest BCUT2D eigenvalue weighted by Crippen LogP contribution is -2.39. The largest absolute Gasteiger partial charge is 0.448 e. The topological polar surface area (TPSA) is 55.4 Å². The summed E-state index contributed by atoms with van der Waals surface area (Å²) in [7, 11) is 0. The van der Waals surface area contributed by atoms with Gasteiger partial charge in [-0.15, -0.1) is 11.3 Å². The molecule has 2 aromatic rings. The number of nitrogens with one attached hydrogen (secondary N) is 1. The van der Waals surface area contributed by atoms with Crippen LogP contribution in [0.5, 0.6) is 0 Å². The first-order valence-electron chi connectivity index (χ1n) is 7.00. The lowest BCUT2D eigenvalue weighted by molar-refractivity contribution is -0.129. The first-order chi connectivity index (χ1) is 10.3. The highest BCUT2D eigenvalue weighted by Crippen LogP contribution is 2.33. The van der Waals surface area contributed by atoms with E-state index >= 15 is 0 Å². The fraction of sp³-hybridized carbons (Fsp3) is 0.375. The van der Waals surface area contributed by atoms with E-state index in [0.29, 0.717) is 20.5 Å². The summed E-state index contributed by atoms with van der Waals surface area (Å²) in [6, 6.07) is 4.67. The molecule has 0 saturated carbocycles. The highest BCUT2D eigenvalue weighted by atomic mass is 32.1. The number of halogens is 1. The second-order valence-electron chi connectivity index (χ2n) is 5.38. The minimum atomic E-state index is -0.899. The van der Waals surface area contributed by atoms with Gasteiger partial charge < -0.3 is 10.1 Å². The maximum atomic E-state index is 13.8. The summed E-state index contributed by atoms with van der Waals surface area (Å²) in [6.07, 6.45) is -0.899. The Hall–Kier alpha value is -1.95. The summed E-state index contributed by atoms with van der Waals surface area (Å²) in [5.41, 5.74) is 0.541. The van der Waals surface area contributed by atoms with Gasteiger partial charge in [0.2, 0.25) is 0 Å². The van der Waals surface area contributed by atoms with Gasteiger partial charge in [0, 0.05) is 16.1 Å². The molecule has 1 aromatic carbocycles. The maximum absolute atomic E-state index is 13.8. The third-order valence-electron chi connectivity index (χ3n) is 3.17. The molecule has 0 radical (unpaired) electrons. The normalized spacial score (nSPS) is 12.5. The minimum absolute atomic E-state index is 0.0335. The smallest absolute Gasteiger partial charge is 0.349 e. The van der Waals surface area contributed by atoms with Crippen LogP contribution in [-0.2, 0) is 9.53 Å². The second-order valence-corrected chi connectivity index (χ2v) is 6.43. The summed E-state index contributed by atoms with van der Waals surface area (Å²) in [6.45, 7) is 6.84. The zero-order valence-corrected chi connectivity index (χ0v) is 13.7. The number of esters is 1. The van der Waals surface area contributed by atoms with Crippen molar-refractivity contribution >= 4 is 33.3 Å². The molecule has 1 atom stereocenters. The zero-order valence-electron chi connectivity index (χ0n) is 12.9. The van der Waals surface area contributed by atoms with Crippen LogP contribution in [0.15, 0.2) is 18.2 Å². The first kappa shape index (κ1) is 16.4. The molecule has 0 unspecified atom stereocenters. The molecule has 0 aliphatic carbocycles. The Kier molecular flexibility index (Phi) is 4.81. The van der Waals surface area contributed by atoms with Crippen LogP contribution in [-0.4, -0.2) is 24.0 Å². The lowest BCUT2D eigenvalue weighted by atomic mass is 10.1. The number of ether oxygens (including phenoxy) is 1. The molecular weight excluding hydrogens is 305 g/mol. The van der Waals surface area contributed by atoms with E-state index in [1.165, 1.54) is 24.3 Å². The number of thiophene rings is 1. The van der Waals surface area contributed by atoms with E-state index in [4.69, 9.17) is 4.74 Å². The van der Waals surface area contributed by atoms with Gasteiger partial charge in [-0.1, -0.05) is 6.07 Å². The quantitative estimate of drug-likeness (QED) is 0.877. The number of rotatable bonds is 4. The average molecular weight is 323 g/mol. The summed E-state index contributed by atoms with van der Waals surface area (Å²) >= 11 is 1.17. The number of hydrogen-bond acceptors (Lipinski definition) is 4. The predicted molar refractivity (Wildman–Crippen MR) is 84.7 cm³/mol. The molecule has 1 N–H and O–H groups in total. The highest BCUT2D eigenvalue weighted by Gasteiger charge is 2.23. The van der Waals surface area contributed by atoms with Crippen LogP contribution in [0, 0.1) is 12.7 Å². The van der Waals surface area contributed by atoms with Crippen LogP contribution in [0.1, 0.15) is 36.0 Å². The maximum Gasteiger partial charge on any atom is 0.349 e. The number of fused-ring (bicyclic) bond motifs is 1. The fourth-order valence-corrected chi connectivity index (χ4v) is 3.22. The fourth-order valence-electron chi connectivity index (χ4n) is 2.12. The molecule has 0 bridgehead atoms. The van der Waals surface area contributed by atoms with Crippen molar-refractivity contribution in [2.24, 2.45) is 0 Å². The van der Waals surface area contributed by atoms with Crippen LogP contribution in [0.3, 0.4) is 0 Å². The second kappa shape index (κ2) is 6.44. The van der Waals surface area contributed by atoms with E-state index in [2.05, 4.69) is 5.32 Å². The van der Waals surface area contributed by atoms with Crippen molar-refractivity contribution in [2.45, 2.75) is 39.8 Å². The van der Waals surface area contributed by atoms with Crippen LogP contribution in [0.4, 0.5) is 4.39 Å². The zero-order chi connectivity index (χ0) is 16.4. The van der Waals surface area contributed by atoms with Gasteiger partial charge >= 0.3 is 5.97 Å². The Morgan fingerprint density at radius 3 is 2.55 bits per heavy atom. The van der Waals surface area contributed by atoms with Crippen LogP contribution in [0.25, 0.3) is 10.1 Å². The number of amides is 1. The van der Waals surface area contributed by atoms with E-state index in [-0.39, 0.29) is 17.8 Å². The average Bonchev–Trinajstić information content (AvgIpc) is 2.76. The Morgan fingerprint density at radius 2 is 1.95 bits per heavy atom. The van der Waals surface area contributed by atoms with Crippen LogP contribution >= 0.6 is 11.3 Å². The number of carbonyl (C=O) groups is 2. The first-order valence-corrected chi connectivity index (χ1v) is 7.82. The van der Waals surface area contributed by atoms with Gasteiger partial charge in [-0.25, -0.2) is 9.18 Å². The number of carbonyl (C=O) groups excluding carboxylic acids is 2. The Bertz CT molecular complexity index is 723. The Morgan fingerprint density at radius 1 is 1.27 bits per heavy atom. The van der Waals surface area contributed by atoms with E-state index in [1.54, 1.807) is 19.1 Å². The van der Waals surface area contributed by atoms with Crippen molar-refractivity contribution in [1.82, 2.24) is 5.32 Å². The molecule has 2 rings (SSSR count). The van der Waals surface area contributed by atoms with Crippen molar-refractivity contribution in [2.75, 3.05) is 0 Å². The van der Waals surface area contributed by atoms with E-state index in [9.17, 15) is 14.0 Å². The van der Waals surface area contributed by atoms with E-state index in [0.717, 1.165) is 0 Å². The van der Waals surface area contributed by atoms with E-state index in [1.807, 2.05) is 13.8 Å². The molecule has 0 aliphatic rings. The standard InChI is InChI=1S/C16H18FNO3S/c1-8(2)18-15(19)10(4)21-16(20)14-9(3)13-11(17)6-5-7-12(13)22-14/h5-8,10H,1-4H3,(H,18,19)/t10-/m0/s1. The highest BCUT2D eigenvalue weighted by molar-refractivity contribution is 7.21. The molecule has 0 aliphatic heterocycles. The van der Waals surface area contributed by atoms with Crippen LogP contribution < -0.4 is 5.32 Å². The van der Waals surface area contributed by atoms with Gasteiger partial charge in [0.05, 0.1) is 0 Å². The van der Waals surface area contributed by atoms with Gasteiger partial charge in [0.1, 0.15) is 10.7 Å². The molecular formula is C16H18FNO3S. The molecule has 1 heterocycles. The van der Waals surface area contributed by atoms with E-state index < -0.39 is 12.1 Å². The summed E-state index contributed by atoms with van der Waals surface area (Å²) < 4.78 is 19.7. The van der Waals surface area contributed by atoms with Crippen molar-refractivity contribution < 1.29 is 18.7 Å². The molecule has 118 valence electrons. The summed E-state index contributed by atoms with van der Waals surface area (Å²) in [5, 5.41) is 3.11. The number of hydrogen-bond donors (Lipinski definition) is 1. The number of benzene rings is 1. The summed E-state index contributed by atoms with van der Waals surface area (Å²) in [5.74, 6) is -1.33. The molecule has 6 heteroatoms. The molecule has 0 fully saturated rings. The van der Waals surface area contributed by atoms with Crippen LogP contribution in [0.2, 0.25) is 0 Å². The molecule has 22 heavy (non-hydrogen) atoms. The van der Waals surface area contributed by atoms with Crippen molar-refractivity contribution in [1.29, 1.82) is 0 Å². The van der Waals surface area contributed by atoms with Gasteiger partial charge in [0.25, 0.3) is 5.91 Å². The molecule has 1 amide bonds. The minimum Gasteiger partial charge on any atom is -0.448 e. The predicted octanol–water partition coefficient (Wildman–Crippen LogP) is 3.42. The van der Waals surface area contributed by atoms with Gasteiger partial charge in [-0.05, 0) is 45.4 Å².